The van der Waals surface area contributed by atoms with E-state index in [1.165, 1.54) is 35.6 Å². The van der Waals surface area contributed by atoms with E-state index in [1.54, 1.807) is 6.07 Å². The number of carbonyl (C=O) groups is 2. The molecule has 1 aromatic heterocycles. The minimum Gasteiger partial charge on any atom is -0.452 e. The summed E-state index contributed by atoms with van der Waals surface area (Å²) < 4.78 is 42.4. The van der Waals surface area contributed by atoms with Gasteiger partial charge in [-0.3, -0.25) is 4.79 Å². The Labute approximate surface area is 139 Å². The number of esters is 1. The maximum atomic E-state index is 12.6. The fourth-order valence-electron chi connectivity index (χ4n) is 1.69. The molecule has 126 valence electrons. The smallest absolute Gasteiger partial charge is 0.416 e. The van der Waals surface area contributed by atoms with Crippen LogP contribution >= 0.6 is 11.3 Å². The van der Waals surface area contributed by atoms with Crippen LogP contribution < -0.4 is 5.32 Å². The molecule has 0 aliphatic heterocycles. The van der Waals surface area contributed by atoms with Gasteiger partial charge in [0.1, 0.15) is 0 Å². The topological polar surface area (TPSA) is 55.4 Å². The van der Waals surface area contributed by atoms with Gasteiger partial charge < -0.3 is 10.1 Å². The lowest BCUT2D eigenvalue weighted by atomic mass is 10.2. The predicted molar refractivity (Wildman–Crippen MR) is 84.4 cm³/mol. The zero-order valence-electron chi connectivity index (χ0n) is 12.2. The molecule has 8 heteroatoms. The molecule has 2 aromatic rings. The number of anilines is 1. The van der Waals surface area contributed by atoms with Crippen LogP contribution in [0.15, 0.2) is 47.2 Å². The Kier molecular flexibility index (Phi) is 5.75. The molecule has 0 spiro atoms. The lowest BCUT2D eigenvalue weighted by Crippen LogP contribution is -2.20. The predicted octanol–water partition coefficient (Wildman–Crippen LogP) is 3.96. The Balaban J connectivity index is 1.84. The summed E-state index contributed by atoms with van der Waals surface area (Å²) in [5.74, 6) is -1.45. The molecule has 0 radical (unpaired) electrons. The maximum Gasteiger partial charge on any atom is 0.416 e. The molecule has 0 fully saturated rings. The lowest BCUT2D eigenvalue weighted by Gasteiger charge is -2.09. The number of amides is 1. The molecular weight excluding hydrogens is 343 g/mol. The normalized spacial score (nSPS) is 11.5. The molecule has 0 saturated carbocycles. The Bertz CT molecular complexity index is 739. The number of hydrogen-bond donors (Lipinski definition) is 1. The Morgan fingerprint density at radius 1 is 1.25 bits per heavy atom. The summed E-state index contributed by atoms with van der Waals surface area (Å²) in [6, 6.07) is 5.98. The first-order valence-electron chi connectivity index (χ1n) is 6.69. The summed E-state index contributed by atoms with van der Waals surface area (Å²) in [5.41, 5.74) is -0.0824. The summed E-state index contributed by atoms with van der Waals surface area (Å²) in [6.45, 7) is -0.594. The van der Waals surface area contributed by atoms with E-state index in [1.807, 2.05) is 10.8 Å². The van der Waals surface area contributed by atoms with Crippen molar-refractivity contribution in [3.63, 3.8) is 0 Å². The third-order valence-electron chi connectivity index (χ3n) is 2.77. The first kappa shape index (κ1) is 17.7. The van der Waals surface area contributed by atoms with Crippen molar-refractivity contribution in [3.05, 3.63) is 58.3 Å². The molecule has 2 rings (SSSR count). The molecule has 0 unspecified atom stereocenters. The molecule has 0 saturated heterocycles. The number of benzene rings is 1. The third-order valence-corrected chi connectivity index (χ3v) is 3.48. The minimum atomic E-state index is -4.50. The molecule has 0 atom stereocenters. The molecule has 0 aliphatic carbocycles. The molecule has 0 bridgehead atoms. The second-order valence-corrected chi connectivity index (χ2v) is 5.40. The van der Waals surface area contributed by atoms with Crippen molar-refractivity contribution in [2.75, 3.05) is 11.9 Å². The number of thiophene rings is 1. The fraction of sp³-hybridized carbons (Fsp3) is 0.125. The standard InChI is InChI=1S/C16H12F3NO3S/c17-16(18,19)12-2-1-3-13(8-12)20-14(21)9-23-15(22)5-4-11-6-7-24-10-11/h1-8,10H,9H2,(H,20,21)/b5-4+. The van der Waals surface area contributed by atoms with Gasteiger partial charge in [0.25, 0.3) is 5.91 Å². The van der Waals surface area contributed by atoms with Crippen molar-refractivity contribution in [2.45, 2.75) is 6.18 Å². The van der Waals surface area contributed by atoms with E-state index in [0.717, 1.165) is 17.7 Å². The van der Waals surface area contributed by atoms with Gasteiger partial charge in [0.2, 0.25) is 0 Å². The van der Waals surface area contributed by atoms with Gasteiger partial charge in [-0.15, -0.1) is 0 Å². The van der Waals surface area contributed by atoms with E-state index < -0.39 is 30.2 Å². The van der Waals surface area contributed by atoms with Crippen molar-refractivity contribution in [1.29, 1.82) is 0 Å². The van der Waals surface area contributed by atoms with Crippen LogP contribution in [-0.4, -0.2) is 18.5 Å². The fourth-order valence-corrected chi connectivity index (χ4v) is 2.32. The highest BCUT2D eigenvalue weighted by Gasteiger charge is 2.30. The Morgan fingerprint density at radius 3 is 2.71 bits per heavy atom. The van der Waals surface area contributed by atoms with Gasteiger partial charge >= 0.3 is 12.1 Å². The van der Waals surface area contributed by atoms with Gasteiger partial charge in [-0.25, -0.2) is 4.79 Å². The van der Waals surface area contributed by atoms with E-state index in [2.05, 4.69) is 5.32 Å². The van der Waals surface area contributed by atoms with E-state index in [0.29, 0.717) is 0 Å². The highest BCUT2D eigenvalue weighted by molar-refractivity contribution is 7.08. The van der Waals surface area contributed by atoms with Crippen molar-refractivity contribution in [3.8, 4) is 0 Å². The van der Waals surface area contributed by atoms with E-state index in [9.17, 15) is 22.8 Å². The third kappa shape index (κ3) is 5.54. The van der Waals surface area contributed by atoms with Crippen LogP contribution in [0.1, 0.15) is 11.1 Å². The summed E-state index contributed by atoms with van der Waals surface area (Å²) in [6.07, 6.45) is -1.80. The Morgan fingerprint density at radius 2 is 2.04 bits per heavy atom. The van der Waals surface area contributed by atoms with Gasteiger partial charge in [0.05, 0.1) is 5.56 Å². The number of rotatable bonds is 5. The monoisotopic (exact) mass is 355 g/mol. The number of carbonyl (C=O) groups excluding carboxylic acids is 2. The number of nitrogens with one attached hydrogen (secondary N) is 1. The quantitative estimate of drug-likeness (QED) is 0.652. The van der Waals surface area contributed by atoms with E-state index in [4.69, 9.17) is 4.74 Å². The molecular formula is C16H12F3NO3S. The molecule has 1 heterocycles. The van der Waals surface area contributed by atoms with Gasteiger partial charge in [0.15, 0.2) is 6.61 Å². The zero-order chi connectivity index (χ0) is 17.6. The van der Waals surface area contributed by atoms with E-state index in [-0.39, 0.29) is 5.69 Å². The zero-order valence-corrected chi connectivity index (χ0v) is 13.0. The molecule has 1 aromatic carbocycles. The largest absolute Gasteiger partial charge is 0.452 e. The summed E-state index contributed by atoms with van der Waals surface area (Å²) >= 11 is 1.47. The minimum absolute atomic E-state index is 0.0281. The summed E-state index contributed by atoms with van der Waals surface area (Å²) in [4.78, 5) is 23.1. The van der Waals surface area contributed by atoms with Crippen LogP contribution in [0.4, 0.5) is 18.9 Å². The average molecular weight is 355 g/mol. The second-order valence-electron chi connectivity index (χ2n) is 4.62. The average Bonchev–Trinajstić information content (AvgIpc) is 3.04. The number of ether oxygens (including phenoxy) is 1. The van der Waals surface area contributed by atoms with Crippen LogP contribution in [0.2, 0.25) is 0 Å². The maximum absolute atomic E-state index is 12.6. The highest BCUT2D eigenvalue weighted by atomic mass is 32.1. The first-order valence-corrected chi connectivity index (χ1v) is 7.63. The number of hydrogen-bond acceptors (Lipinski definition) is 4. The molecule has 1 N–H and O–H groups in total. The van der Waals surface area contributed by atoms with Crippen LogP contribution in [0.3, 0.4) is 0 Å². The molecule has 0 aliphatic rings. The highest BCUT2D eigenvalue weighted by Crippen LogP contribution is 2.30. The first-order chi connectivity index (χ1) is 11.3. The van der Waals surface area contributed by atoms with E-state index >= 15 is 0 Å². The van der Waals surface area contributed by atoms with Crippen molar-refractivity contribution in [2.24, 2.45) is 0 Å². The lowest BCUT2D eigenvalue weighted by molar-refractivity contribution is -0.142. The molecule has 24 heavy (non-hydrogen) atoms. The van der Waals surface area contributed by atoms with Crippen molar-refractivity contribution >= 4 is 35.0 Å². The van der Waals surface area contributed by atoms with Crippen LogP contribution in [0.25, 0.3) is 6.08 Å². The van der Waals surface area contributed by atoms with Gasteiger partial charge in [-0.05, 0) is 46.7 Å². The van der Waals surface area contributed by atoms with Crippen LogP contribution in [-0.2, 0) is 20.5 Å². The summed E-state index contributed by atoms with van der Waals surface area (Å²) in [7, 11) is 0. The molecule has 1 amide bonds. The molecule has 4 nitrogen and oxygen atoms in total. The van der Waals surface area contributed by atoms with Gasteiger partial charge in [0, 0.05) is 11.8 Å². The number of alkyl halides is 3. The van der Waals surface area contributed by atoms with Gasteiger partial charge in [-0.2, -0.15) is 24.5 Å². The van der Waals surface area contributed by atoms with Crippen molar-refractivity contribution < 1.29 is 27.5 Å². The SMILES string of the molecule is O=C(COC(=O)/C=C/c1ccsc1)Nc1cccc(C(F)(F)F)c1. The van der Waals surface area contributed by atoms with Crippen LogP contribution in [0.5, 0.6) is 0 Å². The van der Waals surface area contributed by atoms with Crippen LogP contribution in [0, 0.1) is 0 Å². The van der Waals surface area contributed by atoms with Crippen molar-refractivity contribution in [1.82, 2.24) is 0 Å². The van der Waals surface area contributed by atoms with Gasteiger partial charge in [-0.1, -0.05) is 6.07 Å². The second kappa shape index (κ2) is 7.78. The number of halogens is 3. The Hall–Kier alpha value is -2.61. The summed E-state index contributed by atoms with van der Waals surface area (Å²) in [5, 5.41) is 5.91.